The Morgan fingerprint density at radius 2 is 1.94 bits per heavy atom. The molecule has 3 aromatic rings. The van der Waals surface area contributed by atoms with E-state index in [0.29, 0.717) is 22.0 Å². The van der Waals surface area contributed by atoms with E-state index in [9.17, 15) is 14.4 Å². The van der Waals surface area contributed by atoms with Gasteiger partial charge in [0.25, 0.3) is 5.91 Å². The summed E-state index contributed by atoms with van der Waals surface area (Å²) in [7, 11) is 0. The maximum atomic E-state index is 13.2. The Morgan fingerprint density at radius 3 is 2.61 bits per heavy atom. The van der Waals surface area contributed by atoms with Crippen molar-refractivity contribution in [3.63, 3.8) is 0 Å². The highest BCUT2D eigenvalue weighted by Crippen LogP contribution is 2.29. The summed E-state index contributed by atoms with van der Waals surface area (Å²) < 4.78 is 1.47. The second-order valence-electron chi connectivity index (χ2n) is 7.94. The lowest BCUT2D eigenvalue weighted by atomic mass is 9.91. The van der Waals surface area contributed by atoms with Crippen LogP contribution in [0.15, 0.2) is 55.1 Å². The molecule has 9 nitrogen and oxygen atoms in total. The zero-order chi connectivity index (χ0) is 23.6. The van der Waals surface area contributed by atoms with Crippen molar-refractivity contribution in [2.75, 3.05) is 11.9 Å². The molecule has 1 aromatic heterocycles. The minimum Gasteiger partial charge on any atom is -0.323 e. The van der Waals surface area contributed by atoms with Gasteiger partial charge in [0, 0.05) is 5.02 Å². The Hall–Kier alpha value is -3.72. The highest BCUT2D eigenvalue weighted by molar-refractivity contribution is 6.31. The van der Waals surface area contributed by atoms with Crippen LogP contribution in [-0.2, 0) is 21.5 Å². The van der Waals surface area contributed by atoms with Crippen LogP contribution in [0, 0.1) is 0 Å². The third-order valence-corrected chi connectivity index (χ3v) is 5.78. The van der Waals surface area contributed by atoms with Gasteiger partial charge in [0.15, 0.2) is 0 Å². The van der Waals surface area contributed by atoms with E-state index < -0.39 is 29.9 Å². The minimum atomic E-state index is -1.25. The van der Waals surface area contributed by atoms with Crippen LogP contribution in [0.25, 0.3) is 5.69 Å². The first-order valence-corrected chi connectivity index (χ1v) is 10.9. The number of nitrogens with zero attached hydrogens (tertiary/aromatic N) is 4. The third kappa shape index (κ3) is 4.45. The van der Waals surface area contributed by atoms with E-state index in [1.165, 1.54) is 17.3 Å². The number of nitrogens with one attached hydrogen (secondary N) is 2. The normalized spacial score (nSPS) is 17.8. The summed E-state index contributed by atoms with van der Waals surface area (Å²) in [4.78, 5) is 43.4. The zero-order valence-corrected chi connectivity index (χ0v) is 19.0. The molecule has 1 aliphatic rings. The van der Waals surface area contributed by atoms with Crippen LogP contribution in [0.1, 0.15) is 31.4 Å². The Bertz CT molecular complexity index is 1200. The molecule has 33 heavy (non-hydrogen) atoms. The number of carbonyl (C=O) groups excluding carboxylic acids is 3. The van der Waals surface area contributed by atoms with Crippen LogP contribution >= 0.6 is 11.6 Å². The van der Waals surface area contributed by atoms with E-state index in [1.807, 2.05) is 24.3 Å². The lowest BCUT2D eigenvalue weighted by Crippen LogP contribution is -2.42. The molecular weight excluding hydrogens is 444 g/mol. The minimum absolute atomic E-state index is 0.374. The molecule has 1 fully saturated rings. The fourth-order valence-corrected chi connectivity index (χ4v) is 3.98. The van der Waals surface area contributed by atoms with Gasteiger partial charge in [0.05, 0.1) is 11.4 Å². The number of rotatable bonds is 7. The first-order chi connectivity index (χ1) is 15.8. The summed E-state index contributed by atoms with van der Waals surface area (Å²) in [5, 5.41) is 9.90. The molecule has 0 radical (unpaired) electrons. The number of aromatic nitrogens is 3. The predicted octanol–water partition coefficient (Wildman–Crippen LogP) is 3.28. The van der Waals surface area contributed by atoms with Crippen LogP contribution < -0.4 is 10.6 Å². The molecule has 4 amide bonds. The monoisotopic (exact) mass is 466 g/mol. The Morgan fingerprint density at radius 1 is 1.18 bits per heavy atom. The second kappa shape index (κ2) is 9.03. The van der Waals surface area contributed by atoms with Crippen molar-refractivity contribution in [1.29, 1.82) is 0 Å². The van der Waals surface area contributed by atoms with Crippen LogP contribution in [0.2, 0.25) is 5.02 Å². The molecule has 0 bridgehead atoms. The van der Waals surface area contributed by atoms with Crippen molar-refractivity contribution in [2.45, 2.75) is 32.2 Å². The van der Waals surface area contributed by atoms with E-state index in [1.54, 1.807) is 25.1 Å². The largest absolute Gasteiger partial charge is 0.325 e. The average molecular weight is 467 g/mol. The van der Waals surface area contributed by atoms with Crippen LogP contribution in [-0.4, -0.2) is 44.1 Å². The predicted molar refractivity (Wildman–Crippen MR) is 123 cm³/mol. The summed E-state index contributed by atoms with van der Waals surface area (Å²) in [6, 6.07) is 11.8. The van der Waals surface area contributed by atoms with Crippen molar-refractivity contribution in [2.24, 2.45) is 0 Å². The summed E-state index contributed by atoms with van der Waals surface area (Å²) in [6.45, 7) is 3.29. The lowest BCUT2D eigenvalue weighted by molar-refractivity contribution is -0.133. The molecule has 4 rings (SSSR count). The third-order valence-electron chi connectivity index (χ3n) is 5.54. The number of carbonyl (C=O) groups is 3. The lowest BCUT2D eigenvalue weighted by Gasteiger charge is -2.22. The molecule has 0 aliphatic carbocycles. The van der Waals surface area contributed by atoms with E-state index in [-0.39, 0.29) is 0 Å². The molecule has 0 spiro atoms. The zero-order valence-electron chi connectivity index (χ0n) is 18.2. The number of hydrogen-bond donors (Lipinski definition) is 2. The highest BCUT2D eigenvalue weighted by Gasteiger charge is 2.49. The standard InChI is InChI=1S/C23H23ClN6O3/c1-3-4-15-5-7-16(8-6-15)23(2)21(32)29(22(33)28-23)12-20(31)27-18-11-17(24)9-10-19(18)30-14-25-13-26-30/h5-11,13-14H,3-4,12H2,1-2H3,(H,27,31)(H,28,33). The van der Waals surface area contributed by atoms with Gasteiger partial charge in [-0.3, -0.25) is 14.5 Å². The first-order valence-electron chi connectivity index (χ1n) is 10.5. The van der Waals surface area contributed by atoms with Gasteiger partial charge in [0.2, 0.25) is 5.91 Å². The van der Waals surface area contributed by atoms with Gasteiger partial charge >= 0.3 is 6.03 Å². The number of halogens is 1. The van der Waals surface area contributed by atoms with E-state index in [0.717, 1.165) is 23.3 Å². The number of benzene rings is 2. The molecule has 1 saturated heterocycles. The Labute approximate surface area is 195 Å². The Kier molecular flexibility index (Phi) is 6.15. The van der Waals surface area contributed by atoms with E-state index in [4.69, 9.17) is 11.6 Å². The smallest absolute Gasteiger partial charge is 0.323 e. The van der Waals surface area contributed by atoms with Crippen molar-refractivity contribution in [3.05, 3.63) is 71.3 Å². The van der Waals surface area contributed by atoms with Crippen molar-refractivity contribution in [1.82, 2.24) is 25.0 Å². The van der Waals surface area contributed by atoms with Gasteiger partial charge in [-0.1, -0.05) is 49.2 Å². The number of amides is 4. The fourth-order valence-electron chi connectivity index (χ4n) is 3.80. The van der Waals surface area contributed by atoms with E-state index in [2.05, 4.69) is 27.6 Å². The van der Waals surface area contributed by atoms with Gasteiger partial charge in [-0.15, -0.1) is 0 Å². The number of aryl methyl sites for hydroxylation is 1. The first kappa shape index (κ1) is 22.5. The molecule has 2 heterocycles. The molecule has 1 unspecified atom stereocenters. The van der Waals surface area contributed by atoms with E-state index >= 15 is 0 Å². The molecular formula is C23H23ClN6O3. The fraction of sp³-hybridized carbons (Fsp3) is 0.261. The second-order valence-corrected chi connectivity index (χ2v) is 8.38. The number of urea groups is 1. The molecule has 1 atom stereocenters. The molecule has 170 valence electrons. The summed E-state index contributed by atoms with van der Waals surface area (Å²) in [5.41, 5.74) is 1.48. The molecule has 10 heteroatoms. The molecule has 0 saturated carbocycles. The molecule has 2 N–H and O–H groups in total. The average Bonchev–Trinajstić information content (AvgIpc) is 3.38. The van der Waals surface area contributed by atoms with Gasteiger partial charge in [-0.25, -0.2) is 14.5 Å². The number of imide groups is 1. The number of anilines is 1. The molecule has 2 aromatic carbocycles. The van der Waals surface area contributed by atoms with Crippen LogP contribution in [0.5, 0.6) is 0 Å². The summed E-state index contributed by atoms with van der Waals surface area (Å²) >= 11 is 6.09. The van der Waals surface area contributed by atoms with Crippen molar-refractivity contribution < 1.29 is 14.4 Å². The number of hydrogen-bond acceptors (Lipinski definition) is 5. The van der Waals surface area contributed by atoms with Crippen LogP contribution in [0.3, 0.4) is 0 Å². The quantitative estimate of drug-likeness (QED) is 0.519. The topological polar surface area (TPSA) is 109 Å². The van der Waals surface area contributed by atoms with Gasteiger partial charge in [-0.05, 0) is 42.7 Å². The summed E-state index contributed by atoms with van der Waals surface area (Å²) in [6.07, 6.45) is 4.79. The van der Waals surface area contributed by atoms with Crippen molar-refractivity contribution in [3.8, 4) is 5.69 Å². The molecule has 1 aliphatic heterocycles. The SMILES string of the molecule is CCCc1ccc(C2(C)NC(=O)N(CC(=O)Nc3cc(Cl)ccc3-n3cncn3)C2=O)cc1. The maximum Gasteiger partial charge on any atom is 0.325 e. The Balaban J connectivity index is 1.51. The van der Waals surface area contributed by atoms with Gasteiger partial charge in [-0.2, -0.15) is 5.10 Å². The van der Waals surface area contributed by atoms with Gasteiger partial charge in [0.1, 0.15) is 24.7 Å². The maximum absolute atomic E-state index is 13.2. The van der Waals surface area contributed by atoms with Crippen LogP contribution in [0.4, 0.5) is 10.5 Å². The van der Waals surface area contributed by atoms with Gasteiger partial charge < -0.3 is 10.6 Å². The summed E-state index contributed by atoms with van der Waals surface area (Å²) in [5.74, 6) is -1.04. The van der Waals surface area contributed by atoms with Crippen molar-refractivity contribution >= 4 is 35.1 Å². The highest BCUT2D eigenvalue weighted by atomic mass is 35.5.